The Bertz CT molecular complexity index is 406. The van der Waals surface area contributed by atoms with Gasteiger partial charge >= 0.3 is 12.3 Å². The van der Waals surface area contributed by atoms with Crippen molar-refractivity contribution in [2.45, 2.75) is 32.5 Å². The molecule has 1 aromatic rings. The fourth-order valence-electron chi connectivity index (χ4n) is 1.00. The monoisotopic (exact) mass is 251 g/mol. The molecule has 1 heterocycles. The molecular weight excluding hydrogens is 239 g/mol. The molecule has 2 N–H and O–H groups in total. The summed E-state index contributed by atoms with van der Waals surface area (Å²) in [5, 5.41) is 7.22. The molecule has 5 nitrogen and oxygen atoms in total. The maximum atomic E-state index is 12.4. The van der Waals surface area contributed by atoms with Gasteiger partial charge in [0.25, 0.3) is 0 Å². The van der Waals surface area contributed by atoms with Crippen LogP contribution in [-0.4, -0.2) is 21.9 Å². The average molecular weight is 251 g/mol. The third-order valence-electron chi connectivity index (χ3n) is 1.57. The molecule has 0 bridgehead atoms. The van der Waals surface area contributed by atoms with Gasteiger partial charge in [0.2, 0.25) is 0 Å². The molecule has 0 aliphatic heterocycles. The fraction of sp³-hybridized carbons (Fsp3) is 0.556. The van der Waals surface area contributed by atoms with E-state index in [2.05, 4.69) is 5.10 Å². The topological polar surface area (TPSA) is 67.0 Å². The first kappa shape index (κ1) is 13.3. The summed E-state index contributed by atoms with van der Waals surface area (Å²) in [7, 11) is 0. The minimum Gasteiger partial charge on any atom is -0.444 e. The number of ether oxygens (including phenoxy) is 1. The third-order valence-corrected chi connectivity index (χ3v) is 1.57. The summed E-state index contributed by atoms with van der Waals surface area (Å²) in [4.78, 5) is 11.3. The Labute approximate surface area is 95.3 Å². The van der Waals surface area contributed by atoms with E-state index >= 15 is 0 Å². The zero-order valence-electron chi connectivity index (χ0n) is 9.47. The van der Waals surface area contributed by atoms with Crippen molar-refractivity contribution < 1.29 is 22.7 Å². The lowest BCUT2D eigenvalue weighted by Gasteiger charge is -2.19. The molecule has 0 aliphatic carbocycles. The summed E-state index contributed by atoms with van der Waals surface area (Å²) in [6.45, 7) is 4.80. The van der Waals surface area contributed by atoms with E-state index in [0.717, 1.165) is 0 Å². The fourth-order valence-corrected chi connectivity index (χ4v) is 1.00. The van der Waals surface area contributed by atoms with Gasteiger partial charge in [-0.2, -0.15) is 18.3 Å². The smallest absolute Gasteiger partial charge is 0.421 e. The van der Waals surface area contributed by atoms with Crippen LogP contribution in [0.1, 0.15) is 26.3 Å². The number of hydrogen-bond acceptors (Lipinski definition) is 3. The van der Waals surface area contributed by atoms with Crippen LogP contribution in [0.5, 0.6) is 0 Å². The van der Waals surface area contributed by atoms with Crippen molar-refractivity contribution in [3.05, 3.63) is 11.8 Å². The van der Waals surface area contributed by atoms with Gasteiger partial charge in [-0.25, -0.2) is 4.79 Å². The molecule has 0 radical (unpaired) electrons. The molecule has 0 aromatic carbocycles. The van der Waals surface area contributed by atoms with E-state index in [4.69, 9.17) is 4.74 Å². The van der Waals surface area contributed by atoms with Gasteiger partial charge in [-0.05, 0) is 20.8 Å². The van der Waals surface area contributed by atoms with E-state index in [-0.39, 0.29) is 0 Å². The SMILES string of the molecule is CC(C)(C)OC(=O)Nc1[nH]ncc1C(F)(F)F. The lowest BCUT2D eigenvalue weighted by atomic mass is 10.2. The number of nitrogens with zero attached hydrogens (tertiary/aromatic N) is 1. The number of rotatable bonds is 1. The van der Waals surface area contributed by atoms with Crippen molar-refractivity contribution in [3.63, 3.8) is 0 Å². The van der Waals surface area contributed by atoms with Gasteiger partial charge in [-0.1, -0.05) is 0 Å². The second-order valence-electron chi connectivity index (χ2n) is 4.28. The molecule has 96 valence electrons. The van der Waals surface area contributed by atoms with Crippen molar-refractivity contribution in [1.82, 2.24) is 10.2 Å². The van der Waals surface area contributed by atoms with Gasteiger partial charge in [0.15, 0.2) is 0 Å². The predicted molar refractivity (Wildman–Crippen MR) is 53.4 cm³/mol. The van der Waals surface area contributed by atoms with Crippen molar-refractivity contribution in [3.8, 4) is 0 Å². The highest BCUT2D eigenvalue weighted by Gasteiger charge is 2.36. The lowest BCUT2D eigenvalue weighted by Crippen LogP contribution is -2.28. The number of H-pyrrole nitrogens is 1. The number of halogens is 3. The van der Waals surface area contributed by atoms with Crippen LogP contribution < -0.4 is 5.32 Å². The number of carbonyl (C=O) groups is 1. The molecule has 17 heavy (non-hydrogen) atoms. The van der Waals surface area contributed by atoms with Crippen LogP contribution in [0.3, 0.4) is 0 Å². The van der Waals surface area contributed by atoms with E-state index in [1.165, 1.54) is 0 Å². The van der Waals surface area contributed by atoms with E-state index in [9.17, 15) is 18.0 Å². The molecule has 1 amide bonds. The van der Waals surface area contributed by atoms with Gasteiger partial charge in [0, 0.05) is 0 Å². The minimum atomic E-state index is -4.59. The van der Waals surface area contributed by atoms with E-state index < -0.39 is 29.3 Å². The van der Waals surface area contributed by atoms with Crippen LogP contribution in [0.15, 0.2) is 6.20 Å². The highest BCUT2D eigenvalue weighted by Crippen LogP contribution is 2.33. The van der Waals surface area contributed by atoms with Gasteiger partial charge in [-0.15, -0.1) is 0 Å². The van der Waals surface area contributed by atoms with Crippen molar-refractivity contribution in [2.24, 2.45) is 0 Å². The number of aromatic nitrogens is 2. The standard InChI is InChI=1S/C9H12F3N3O2/c1-8(2,3)17-7(16)14-6-5(4-13-15-6)9(10,11)12/h4H,1-3H3,(H2,13,14,15,16). The number of amides is 1. The van der Waals surface area contributed by atoms with Crippen LogP contribution in [0.2, 0.25) is 0 Å². The summed E-state index contributed by atoms with van der Waals surface area (Å²) in [5.74, 6) is -0.535. The molecule has 0 saturated heterocycles. The first-order valence-corrected chi connectivity index (χ1v) is 4.70. The second kappa shape index (κ2) is 4.27. The predicted octanol–water partition coefficient (Wildman–Crippen LogP) is 2.78. The Kier molecular flexibility index (Phi) is 3.35. The third kappa shape index (κ3) is 3.97. The zero-order chi connectivity index (χ0) is 13.3. The number of nitrogens with one attached hydrogen (secondary N) is 2. The Morgan fingerprint density at radius 1 is 1.41 bits per heavy atom. The molecule has 0 fully saturated rings. The summed E-state index contributed by atoms with van der Waals surface area (Å²) in [6, 6.07) is 0. The number of carbonyl (C=O) groups excluding carboxylic acids is 1. The van der Waals surface area contributed by atoms with Crippen molar-refractivity contribution in [2.75, 3.05) is 5.32 Å². The molecule has 1 rings (SSSR count). The van der Waals surface area contributed by atoms with Crippen molar-refractivity contribution in [1.29, 1.82) is 0 Å². The van der Waals surface area contributed by atoms with Gasteiger partial charge in [0.05, 0.1) is 6.20 Å². The first-order chi connectivity index (χ1) is 7.59. The molecule has 0 spiro atoms. The van der Waals surface area contributed by atoms with E-state index in [1.807, 2.05) is 10.4 Å². The van der Waals surface area contributed by atoms with Gasteiger partial charge < -0.3 is 4.74 Å². The molecular formula is C9H12F3N3O2. The van der Waals surface area contributed by atoms with Crippen LogP contribution in [0.4, 0.5) is 23.8 Å². The maximum absolute atomic E-state index is 12.4. The van der Waals surface area contributed by atoms with Crippen LogP contribution >= 0.6 is 0 Å². The Morgan fingerprint density at radius 2 is 2.00 bits per heavy atom. The second-order valence-corrected chi connectivity index (χ2v) is 4.28. The summed E-state index contributed by atoms with van der Waals surface area (Å²) < 4.78 is 42.1. The lowest BCUT2D eigenvalue weighted by molar-refractivity contribution is -0.136. The Morgan fingerprint density at radius 3 is 2.47 bits per heavy atom. The van der Waals surface area contributed by atoms with E-state index in [0.29, 0.717) is 6.20 Å². The van der Waals surface area contributed by atoms with Crippen LogP contribution in [0, 0.1) is 0 Å². The molecule has 8 heteroatoms. The van der Waals surface area contributed by atoms with E-state index in [1.54, 1.807) is 20.8 Å². The van der Waals surface area contributed by atoms with Gasteiger partial charge in [0.1, 0.15) is 17.0 Å². The maximum Gasteiger partial charge on any atom is 0.421 e. The quantitative estimate of drug-likeness (QED) is 0.806. The van der Waals surface area contributed by atoms with Crippen LogP contribution in [0.25, 0.3) is 0 Å². The highest BCUT2D eigenvalue weighted by atomic mass is 19.4. The number of alkyl halides is 3. The molecule has 0 atom stereocenters. The number of aromatic amines is 1. The minimum absolute atomic E-state index is 0.535. The molecule has 1 aromatic heterocycles. The summed E-state index contributed by atoms with van der Waals surface area (Å²) in [5.41, 5.74) is -1.84. The summed E-state index contributed by atoms with van der Waals surface area (Å²) in [6.07, 6.45) is -4.98. The molecule has 0 saturated carbocycles. The first-order valence-electron chi connectivity index (χ1n) is 4.70. The van der Waals surface area contributed by atoms with Gasteiger partial charge in [-0.3, -0.25) is 10.4 Å². The average Bonchev–Trinajstić information content (AvgIpc) is 2.46. The number of anilines is 1. The summed E-state index contributed by atoms with van der Waals surface area (Å²) >= 11 is 0. The molecule has 0 aliphatic rings. The normalized spacial score (nSPS) is 12.4. The van der Waals surface area contributed by atoms with Crippen LogP contribution in [-0.2, 0) is 10.9 Å². The number of hydrogen-bond donors (Lipinski definition) is 2. The Balaban J connectivity index is 2.77. The largest absolute Gasteiger partial charge is 0.444 e. The highest BCUT2D eigenvalue weighted by molar-refractivity contribution is 5.84. The Hall–Kier alpha value is -1.73. The van der Waals surface area contributed by atoms with Crippen molar-refractivity contribution >= 4 is 11.9 Å². The zero-order valence-corrected chi connectivity index (χ0v) is 9.47. The molecule has 0 unspecified atom stereocenters.